The molecule has 126 valence electrons. The second-order valence-electron chi connectivity index (χ2n) is 6.06. The number of hydrogen-bond donors (Lipinski definition) is 0. The topological polar surface area (TPSA) is 29.5 Å². The summed E-state index contributed by atoms with van der Waals surface area (Å²) >= 11 is 0. The van der Waals surface area contributed by atoms with Crippen molar-refractivity contribution in [2.75, 3.05) is 4.90 Å². The van der Waals surface area contributed by atoms with E-state index in [1.54, 1.807) is 6.92 Å². The lowest BCUT2D eigenvalue weighted by atomic mass is 10.1. The predicted molar refractivity (Wildman–Crippen MR) is 87.7 cm³/mol. The normalized spacial score (nSPS) is 17.7. The molecule has 1 heterocycles. The fraction of sp³-hybridized carbons (Fsp3) is 0.316. The number of benzene rings is 2. The van der Waals surface area contributed by atoms with Crippen LogP contribution in [0, 0.1) is 11.6 Å². The predicted octanol–water partition coefficient (Wildman–Crippen LogP) is 3.85. The standard InChI is InChI=1S/C19H19F2NO2/c1-12-10-15-17(9-8-16(20)18(15)21)22(12)19(23)13(2)24-11-14-6-4-3-5-7-14/h3-9,12-13H,10-11H2,1-2H3/t12?,13-/m1/s1. The summed E-state index contributed by atoms with van der Waals surface area (Å²) in [6, 6.07) is 11.8. The van der Waals surface area contributed by atoms with Crippen molar-refractivity contribution in [2.45, 2.75) is 39.0 Å². The van der Waals surface area contributed by atoms with Crippen LogP contribution >= 0.6 is 0 Å². The van der Waals surface area contributed by atoms with Crippen LogP contribution in [0.15, 0.2) is 42.5 Å². The molecule has 2 aromatic carbocycles. The number of anilines is 1. The van der Waals surface area contributed by atoms with Crippen molar-refractivity contribution < 1.29 is 18.3 Å². The Kier molecular flexibility index (Phi) is 4.62. The molecule has 0 saturated carbocycles. The molecule has 1 amide bonds. The Balaban J connectivity index is 1.74. The summed E-state index contributed by atoms with van der Waals surface area (Å²) in [7, 11) is 0. The van der Waals surface area contributed by atoms with E-state index in [0.717, 1.165) is 11.6 Å². The van der Waals surface area contributed by atoms with Crippen molar-refractivity contribution in [3.05, 3.63) is 65.2 Å². The SMILES string of the molecule is CC1Cc2c(ccc(F)c2F)N1C(=O)[C@@H](C)OCc1ccccc1. The maximum Gasteiger partial charge on any atom is 0.256 e. The van der Waals surface area contributed by atoms with Gasteiger partial charge in [0.2, 0.25) is 0 Å². The van der Waals surface area contributed by atoms with Crippen molar-refractivity contribution in [3.8, 4) is 0 Å². The Morgan fingerprint density at radius 2 is 1.96 bits per heavy atom. The van der Waals surface area contributed by atoms with Gasteiger partial charge < -0.3 is 9.64 Å². The molecular formula is C19H19F2NO2. The molecule has 5 heteroatoms. The minimum Gasteiger partial charge on any atom is -0.364 e. The molecule has 0 radical (unpaired) electrons. The number of hydrogen-bond acceptors (Lipinski definition) is 2. The molecule has 0 spiro atoms. The number of ether oxygens (including phenoxy) is 1. The molecule has 0 aliphatic carbocycles. The van der Waals surface area contributed by atoms with E-state index in [2.05, 4.69) is 0 Å². The number of amides is 1. The van der Waals surface area contributed by atoms with E-state index in [4.69, 9.17) is 4.74 Å². The van der Waals surface area contributed by atoms with Crippen LogP contribution in [0.5, 0.6) is 0 Å². The summed E-state index contributed by atoms with van der Waals surface area (Å²) in [5.41, 5.74) is 1.66. The lowest BCUT2D eigenvalue weighted by Crippen LogP contribution is -2.42. The molecule has 1 unspecified atom stereocenters. The zero-order chi connectivity index (χ0) is 17.3. The first-order valence-electron chi connectivity index (χ1n) is 7.94. The van der Waals surface area contributed by atoms with E-state index in [1.165, 1.54) is 11.0 Å². The molecule has 0 saturated heterocycles. The minimum absolute atomic E-state index is 0.230. The van der Waals surface area contributed by atoms with Gasteiger partial charge in [0.1, 0.15) is 6.10 Å². The fourth-order valence-electron chi connectivity index (χ4n) is 3.02. The average molecular weight is 331 g/mol. The van der Waals surface area contributed by atoms with Crippen molar-refractivity contribution in [3.63, 3.8) is 0 Å². The first kappa shape index (κ1) is 16.6. The fourth-order valence-corrected chi connectivity index (χ4v) is 3.02. The quantitative estimate of drug-likeness (QED) is 0.852. The Morgan fingerprint density at radius 3 is 2.67 bits per heavy atom. The minimum atomic E-state index is -0.886. The van der Waals surface area contributed by atoms with E-state index in [-0.39, 0.29) is 17.5 Å². The highest BCUT2D eigenvalue weighted by atomic mass is 19.2. The number of fused-ring (bicyclic) bond motifs is 1. The smallest absolute Gasteiger partial charge is 0.256 e. The first-order valence-corrected chi connectivity index (χ1v) is 7.94. The summed E-state index contributed by atoms with van der Waals surface area (Å²) in [6.45, 7) is 3.82. The van der Waals surface area contributed by atoms with Gasteiger partial charge in [0.25, 0.3) is 5.91 Å². The van der Waals surface area contributed by atoms with Gasteiger partial charge in [-0.05, 0) is 38.0 Å². The molecule has 1 aliphatic rings. The highest BCUT2D eigenvalue weighted by Gasteiger charge is 2.36. The molecule has 2 atom stereocenters. The molecule has 3 nitrogen and oxygen atoms in total. The van der Waals surface area contributed by atoms with Crippen molar-refractivity contribution in [1.29, 1.82) is 0 Å². The molecule has 3 rings (SSSR count). The third-order valence-electron chi connectivity index (χ3n) is 4.30. The van der Waals surface area contributed by atoms with Crippen LogP contribution in [0.2, 0.25) is 0 Å². The second-order valence-corrected chi connectivity index (χ2v) is 6.06. The van der Waals surface area contributed by atoms with Gasteiger partial charge in [-0.25, -0.2) is 8.78 Å². The number of carbonyl (C=O) groups excluding carboxylic acids is 1. The Labute approximate surface area is 139 Å². The second kappa shape index (κ2) is 6.69. The van der Waals surface area contributed by atoms with Gasteiger partial charge in [-0.2, -0.15) is 0 Å². The van der Waals surface area contributed by atoms with Crippen LogP contribution in [0.4, 0.5) is 14.5 Å². The molecule has 1 aliphatic heterocycles. The Hall–Kier alpha value is -2.27. The van der Waals surface area contributed by atoms with Gasteiger partial charge in [0.15, 0.2) is 11.6 Å². The van der Waals surface area contributed by atoms with E-state index < -0.39 is 17.7 Å². The number of nitrogens with zero attached hydrogens (tertiary/aromatic N) is 1. The van der Waals surface area contributed by atoms with Gasteiger partial charge in [0, 0.05) is 11.6 Å². The number of halogens is 2. The molecule has 0 bridgehead atoms. The largest absolute Gasteiger partial charge is 0.364 e. The van der Waals surface area contributed by atoms with E-state index in [9.17, 15) is 13.6 Å². The maximum absolute atomic E-state index is 13.9. The van der Waals surface area contributed by atoms with Gasteiger partial charge in [-0.3, -0.25) is 4.79 Å². The zero-order valence-electron chi connectivity index (χ0n) is 13.6. The molecule has 24 heavy (non-hydrogen) atoms. The highest BCUT2D eigenvalue weighted by Crippen LogP contribution is 2.35. The van der Waals surface area contributed by atoms with Crippen LogP contribution in [0.25, 0.3) is 0 Å². The van der Waals surface area contributed by atoms with Gasteiger partial charge in [0.05, 0.1) is 12.3 Å². The highest BCUT2D eigenvalue weighted by molar-refractivity contribution is 5.98. The van der Waals surface area contributed by atoms with E-state index >= 15 is 0 Å². The Morgan fingerprint density at radius 1 is 1.25 bits per heavy atom. The number of rotatable bonds is 4. The molecular weight excluding hydrogens is 312 g/mol. The van der Waals surface area contributed by atoms with Crippen LogP contribution < -0.4 is 4.90 Å². The summed E-state index contributed by atoms with van der Waals surface area (Å²) in [4.78, 5) is 14.2. The van der Waals surface area contributed by atoms with Crippen LogP contribution in [-0.4, -0.2) is 18.1 Å². The van der Waals surface area contributed by atoms with E-state index in [0.29, 0.717) is 18.7 Å². The first-order chi connectivity index (χ1) is 11.5. The maximum atomic E-state index is 13.9. The molecule has 0 N–H and O–H groups in total. The summed E-state index contributed by atoms with van der Waals surface area (Å²) in [5.74, 6) is -2.00. The third kappa shape index (κ3) is 3.04. The Bertz CT molecular complexity index is 749. The number of carbonyl (C=O) groups is 1. The molecule has 0 aromatic heterocycles. The average Bonchev–Trinajstić information content (AvgIpc) is 2.93. The van der Waals surface area contributed by atoms with E-state index in [1.807, 2.05) is 37.3 Å². The molecule has 0 fully saturated rings. The summed E-state index contributed by atoms with van der Waals surface area (Å²) in [6.07, 6.45) is -0.373. The molecule has 2 aromatic rings. The van der Waals surface area contributed by atoms with Crippen molar-refractivity contribution >= 4 is 11.6 Å². The van der Waals surface area contributed by atoms with Crippen molar-refractivity contribution in [2.24, 2.45) is 0 Å². The van der Waals surface area contributed by atoms with Gasteiger partial charge >= 0.3 is 0 Å². The monoisotopic (exact) mass is 331 g/mol. The summed E-state index contributed by atoms with van der Waals surface area (Å²) < 4.78 is 33.0. The van der Waals surface area contributed by atoms with Crippen LogP contribution in [0.1, 0.15) is 25.0 Å². The van der Waals surface area contributed by atoms with Gasteiger partial charge in [-0.1, -0.05) is 30.3 Å². The third-order valence-corrected chi connectivity index (χ3v) is 4.30. The van der Waals surface area contributed by atoms with Gasteiger partial charge in [-0.15, -0.1) is 0 Å². The van der Waals surface area contributed by atoms with Crippen molar-refractivity contribution in [1.82, 2.24) is 0 Å². The van der Waals surface area contributed by atoms with Crippen LogP contribution in [0.3, 0.4) is 0 Å². The lowest BCUT2D eigenvalue weighted by molar-refractivity contribution is -0.130. The summed E-state index contributed by atoms with van der Waals surface area (Å²) in [5, 5.41) is 0. The zero-order valence-corrected chi connectivity index (χ0v) is 13.6. The lowest BCUT2D eigenvalue weighted by Gasteiger charge is -2.26. The van der Waals surface area contributed by atoms with Crippen LogP contribution in [-0.2, 0) is 22.6 Å².